The number of aromatic nitrogens is 2. The standard InChI is InChI=1S/C21H17Cl2N3O3S/c22-15-9-14(11-17-18(15)29-8-4-7-28-17)10-16(23)20-25-26-21(30-20)19(27)24-12-13-5-2-1-3-6-13/h1-3,5-6,9-11H,4,7-8,12H2,(H,24,27)/b16-10-. The summed E-state index contributed by atoms with van der Waals surface area (Å²) >= 11 is 13.9. The highest BCUT2D eigenvalue weighted by atomic mass is 35.5. The average molecular weight is 462 g/mol. The molecule has 154 valence electrons. The molecule has 0 saturated heterocycles. The fourth-order valence-electron chi connectivity index (χ4n) is 2.81. The smallest absolute Gasteiger partial charge is 0.282 e. The molecule has 0 saturated carbocycles. The van der Waals surface area contributed by atoms with Crippen LogP contribution in [-0.4, -0.2) is 29.3 Å². The van der Waals surface area contributed by atoms with Gasteiger partial charge in [-0.15, -0.1) is 10.2 Å². The summed E-state index contributed by atoms with van der Waals surface area (Å²) in [5.41, 5.74) is 1.74. The van der Waals surface area contributed by atoms with Gasteiger partial charge in [-0.25, -0.2) is 0 Å². The number of nitrogens with zero attached hydrogens (tertiary/aromatic N) is 2. The third-order valence-electron chi connectivity index (χ3n) is 4.24. The van der Waals surface area contributed by atoms with Crippen molar-refractivity contribution in [2.45, 2.75) is 13.0 Å². The van der Waals surface area contributed by atoms with Crippen LogP contribution in [0, 0.1) is 0 Å². The number of halogens is 2. The van der Waals surface area contributed by atoms with E-state index in [-0.39, 0.29) is 10.9 Å². The molecule has 0 bridgehead atoms. The highest BCUT2D eigenvalue weighted by Crippen LogP contribution is 2.39. The fourth-order valence-corrected chi connectivity index (χ4v) is 4.03. The van der Waals surface area contributed by atoms with Crippen molar-refractivity contribution in [1.29, 1.82) is 0 Å². The summed E-state index contributed by atoms with van der Waals surface area (Å²) in [6.07, 6.45) is 2.49. The second-order valence-corrected chi connectivity index (χ2v) is 8.25. The molecule has 0 spiro atoms. The Hall–Kier alpha value is -2.61. The minimum atomic E-state index is -0.300. The molecule has 3 aromatic rings. The molecule has 1 N–H and O–H groups in total. The summed E-state index contributed by atoms with van der Waals surface area (Å²) in [6.45, 7) is 1.53. The molecule has 6 nitrogen and oxygen atoms in total. The molecule has 2 heterocycles. The maximum Gasteiger partial charge on any atom is 0.282 e. The lowest BCUT2D eigenvalue weighted by Crippen LogP contribution is -2.22. The predicted molar refractivity (Wildman–Crippen MR) is 118 cm³/mol. The lowest BCUT2D eigenvalue weighted by Gasteiger charge is -2.10. The maximum atomic E-state index is 12.3. The molecule has 1 amide bonds. The van der Waals surface area contributed by atoms with Crippen molar-refractivity contribution in [3.05, 3.63) is 68.6 Å². The van der Waals surface area contributed by atoms with Gasteiger partial charge < -0.3 is 14.8 Å². The molecule has 0 atom stereocenters. The first kappa shape index (κ1) is 20.7. The van der Waals surface area contributed by atoms with Gasteiger partial charge in [0, 0.05) is 13.0 Å². The number of rotatable bonds is 5. The number of amides is 1. The molecule has 30 heavy (non-hydrogen) atoms. The Morgan fingerprint density at radius 2 is 1.90 bits per heavy atom. The normalized spacial score (nSPS) is 13.6. The monoisotopic (exact) mass is 461 g/mol. The number of fused-ring (bicyclic) bond motifs is 1. The van der Waals surface area contributed by atoms with E-state index >= 15 is 0 Å². The van der Waals surface area contributed by atoms with Crippen molar-refractivity contribution in [3.63, 3.8) is 0 Å². The molecule has 0 radical (unpaired) electrons. The third-order valence-corrected chi connectivity index (χ3v) is 5.87. The summed E-state index contributed by atoms with van der Waals surface area (Å²) in [5.74, 6) is 0.815. The molecule has 0 aliphatic carbocycles. The van der Waals surface area contributed by atoms with Crippen LogP contribution >= 0.6 is 34.5 Å². The van der Waals surface area contributed by atoms with Crippen LogP contribution in [0.4, 0.5) is 0 Å². The van der Waals surface area contributed by atoms with E-state index in [0.717, 1.165) is 28.9 Å². The zero-order valence-corrected chi connectivity index (χ0v) is 18.1. The Labute approximate surface area is 187 Å². The topological polar surface area (TPSA) is 73.3 Å². The summed E-state index contributed by atoms with van der Waals surface area (Å²) in [7, 11) is 0. The minimum absolute atomic E-state index is 0.240. The van der Waals surface area contributed by atoms with Crippen LogP contribution in [0.1, 0.15) is 32.4 Å². The first-order chi connectivity index (χ1) is 14.6. The molecule has 2 aromatic carbocycles. The molecule has 0 unspecified atom stereocenters. The summed E-state index contributed by atoms with van der Waals surface area (Å²) in [5, 5.41) is 12.3. The number of hydrogen-bond donors (Lipinski definition) is 1. The van der Waals surface area contributed by atoms with Gasteiger partial charge in [0.15, 0.2) is 16.5 Å². The molecule has 1 aliphatic rings. The van der Waals surface area contributed by atoms with Gasteiger partial charge in [-0.3, -0.25) is 4.79 Å². The second-order valence-electron chi connectivity index (χ2n) is 6.45. The van der Waals surface area contributed by atoms with Crippen LogP contribution in [-0.2, 0) is 6.54 Å². The van der Waals surface area contributed by atoms with Crippen molar-refractivity contribution in [2.75, 3.05) is 13.2 Å². The van der Waals surface area contributed by atoms with E-state index in [1.807, 2.05) is 36.4 Å². The Morgan fingerprint density at radius 1 is 1.13 bits per heavy atom. The molecule has 1 aliphatic heterocycles. The van der Waals surface area contributed by atoms with Crippen LogP contribution < -0.4 is 14.8 Å². The van der Waals surface area contributed by atoms with Crippen molar-refractivity contribution in [1.82, 2.24) is 15.5 Å². The van der Waals surface area contributed by atoms with Gasteiger partial charge in [0.05, 0.1) is 23.3 Å². The summed E-state index contributed by atoms with van der Waals surface area (Å²) in [4.78, 5) is 12.3. The van der Waals surface area contributed by atoms with E-state index in [9.17, 15) is 4.79 Å². The van der Waals surface area contributed by atoms with Gasteiger partial charge >= 0.3 is 0 Å². The molecule has 1 aromatic heterocycles. The van der Waals surface area contributed by atoms with E-state index in [4.69, 9.17) is 32.7 Å². The highest BCUT2D eigenvalue weighted by molar-refractivity contribution is 7.15. The fraction of sp³-hybridized carbons (Fsp3) is 0.190. The van der Waals surface area contributed by atoms with Crippen LogP contribution in [0.25, 0.3) is 11.1 Å². The van der Waals surface area contributed by atoms with Crippen LogP contribution in [0.5, 0.6) is 11.5 Å². The summed E-state index contributed by atoms with van der Waals surface area (Å²) in [6, 6.07) is 13.2. The number of nitrogens with one attached hydrogen (secondary N) is 1. The largest absolute Gasteiger partial charge is 0.489 e. The molecular weight excluding hydrogens is 445 g/mol. The van der Waals surface area contributed by atoms with Gasteiger partial charge in [0.2, 0.25) is 5.01 Å². The third kappa shape index (κ3) is 4.92. The Balaban J connectivity index is 1.48. The van der Waals surface area contributed by atoms with Crippen molar-refractivity contribution in [3.8, 4) is 11.5 Å². The SMILES string of the molecule is O=C(NCc1ccccc1)c1nnc(/C(Cl)=C/c2cc(Cl)c3c(c2)OCCCO3)s1. The molecule has 4 rings (SSSR count). The number of carbonyl (C=O) groups is 1. The Kier molecular flexibility index (Phi) is 6.52. The van der Waals surface area contributed by atoms with Crippen molar-refractivity contribution in [2.24, 2.45) is 0 Å². The molecular formula is C21H17Cl2N3O3S. The minimum Gasteiger partial charge on any atom is -0.489 e. The summed E-state index contributed by atoms with van der Waals surface area (Å²) < 4.78 is 11.3. The van der Waals surface area contributed by atoms with Gasteiger partial charge in [-0.1, -0.05) is 64.9 Å². The van der Waals surface area contributed by atoms with E-state index in [1.54, 1.807) is 12.1 Å². The van der Waals surface area contributed by atoms with Gasteiger partial charge in [0.1, 0.15) is 0 Å². The Morgan fingerprint density at radius 3 is 2.73 bits per heavy atom. The van der Waals surface area contributed by atoms with E-state index in [1.165, 1.54) is 0 Å². The van der Waals surface area contributed by atoms with Crippen LogP contribution in [0.2, 0.25) is 5.02 Å². The van der Waals surface area contributed by atoms with Gasteiger partial charge in [-0.05, 0) is 29.3 Å². The molecule has 9 heteroatoms. The van der Waals surface area contributed by atoms with E-state index in [2.05, 4.69) is 15.5 Å². The molecule has 0 fully saturated rings. The van der Waals surface area contributed by atoms with E-state index < -0.39 is 0 Å². The highest BCUT2D eigenvalue weighted by Gasteiger charge is 2.17. The Bertz CT molecular complexity index is 1090. The lowest BCUT2D eigenvalue weighted by atomic mass is 10.2. The predicted octanol–water partition coefficient (Wildman–Crippen LogP) is 5.02. The number of carbonyl (C=O) groups excluding carboxylic acids is 1. The zero-order chi connectivity index (χ0) is 20.9. The van der Waals surface area contributed by atoms with Crippen LogP contribution in [0.3, 0.4) is 0 Å². The number of benzene rings is 2. The lowest BCUT2D eigenvalue weighted by molar-refractivity contribution is 0.0950. The van der Waals surface area contributed by atoms with Gasteiger partial charge in [0.25, 0.3) is 5.91 Å². The van der Waals surface area contributed by atoms with E-state index in [0.29, 0.717) is 46.3 Å². The average Bonchev–Trinajstić information content (AvgIpc) is 3.13. The second kappa shape index (κ2) is 9.47. The quantitative estimate of drug-likeness (QED) is 0.577. The number of hydrogen-bond acceptors (Lipinski definition) is 6. The maximum absolute atomic E-state index is 12.3. The number of ether oxygens (including phenoxy) is 2. The first-order valence-corrected chi connectivity index (χ1v) is 10.8. The first-order valence-electron chi connectivity index (χ1n) is 9.22. The van der Waals surface area contributed by atoms with Gasteiger partial charge in [-0.2, -0.15) is 0 Å². The van der Waals surface area contributed by atoms with Crippen molar-refractivity contribution >= 4 is 51.6 Å². The van der Waals surface area contributed by atoms with Crippen LogP contribution in [0.15, 0.2) is 42.5 Å². The van der Waals surface area contributed by atoms with Crippen molar-refractivity contribution < 1.29 is 14.3 Å². The zero-order valence-electron chi connectivity index (χ0n) is 15.7.